The van der Waals surface area contributed by atoms with Crippen molar-refractivity contribution in [3.05, 3.63) is 34.9 Å². The van der Waals surface area contributed by atoms with E-state index in [0.717, 1.165) is 4.68 Å². The van der Waals surface area contributed by atoms with Gasteiger partial charge in [0.25, 0.3) is 0 Å². The molecule has 124 valence electrons. The summed E-state index contributed by atoms with van der Waals surface area (Å²) in [4.78, 5) is 39.3. The third-order valence-corrected chi connectivity index (χ3v) is 3.69. The molecule has 0 aliphatic carbocycles. The van der Waals surface area contributed by atoms with Gasteiger partial charge in [-0.3, -0.25) is 14.0 Å². The van der Waals surface area contributed by atoms with Crippen molar-refractivity contribution in [2.75, 3.05) is 26.7 Å². The fourth-order valence-corrected chi connectivity index (χ4v) is 2.29. The first kappa shape index (κ1) is 16.7. The Morgan fingerprint density at radius 1 is 1.17 bits per heavy atom. The lowest BCUT2D eigenvalue weighted by atomic mass is 10.4. The largest absolute Gasteiger partial charge is 0.350 e. The van der Waals surface area contributed by atoms with Crippen molar-refractivity contribution in [1.29, 1.82) is 0 Å². The van der Waals surface area contributed by atoms with E-state index in [-0.39, 0.29) is 30.6 Å². The minimum atomic E-state index is -0.377. The Labute approximate surface area is 133 Å². The average Bonchev–Trinajstić information content (AvgIpc) is 2.85. The highest BCUT2D eigenvalue weighted by atomic mass is 16.2. The van der Waals surface area contributed by atoms with Gasteiger partial charge in [0.2, 0.25) is 11.8 Å². The van der Waals surface area contributed by atoms with Crippen LogP contribution < -0.4 is 5.69 Å². The molecule has 0 N–H and O–H groups in total. The molecular formula is C15H21N5O3. The minimum absolute atomic E-state index is 0.0113. The maximum atomic E-state index is 12.2. The molecule has 8 heteroatoms. The Morgan fingerprint density at radius 3 is 2.48 bits per heavy atom. The second-order valence-corrected chi connectivity index (χ2v) is 5.18. The lowest BCUT2D eigenvalue weighted by Crippen LogP contribution is -2.42. The molecule has 2 aromatic heterocycles. The number of aromatic nitrogens is 3. The van der Waals surface area contributed by atoms with Gasteiger partial charge in [-0.1, -0.05) is 6.07 Å². The van der Waals surface area contributed by atoms with Crippen LogP contribution in [-0.2, 0) is 16.1 Å². The summed E-state index contributed by atoms with van der Waals surface area (Å²) in [6.07, 6.45) is 1.60. The van der Waals surface area contributed by atoms with E-state index in [1.165, 1.54) is 9.30 Å². The zero-order valence-electron chi connectivity index (χ0n) is 13.6. The van der Waals surface area contributed by atoms with Crippen molar-refractivity contribution in [3.8, 4) is 0 Å². The number of amides is 2. The summed E-state index contributed by atoms with van der Waals surface area (Å²) in [7, 11) is 1.55. The van der Waals surface area contributed by atoms with Crippen molar-refractivity contribution >= 4 is 17.5 Å². The number of fused-ring (bicyclic) bond motifs is 1. The van der Waals surface area contributed by atoms with E-state index in [1.54, 1.807) is 36.3 Å². The lowest BCUT2D eigenvalue weighted by Gasteiger charge is -2.23. The van der Waals surface area contributed by atoms with Crippen LogP contribution in [0, 0.1) is 0 Å². The van der Waals surface area contributed by atoms with Gasteiger partial charge in [-0.2, -0.15) is 0 Å². The zero-order valence-corrected chi connectivity index (χ0v) is 13.6. The second kappa shape index (κ2) is 7.08. The SMILES string of the molecule is CCN(CC)C(=O)CN(C)C(=O)Cn1nc2ccccn2c1=O. The van der Waals surface area contributed by atoms with E-state index >= 15 is 0 Å². The van der Waals surface area contributed by atoms with Crippen molar-refractivity contribution < 1.29 is 9.59 Å². The summed E-state index contributed by atoms with van der Waals surface area (Å²) in [6, 6.07) is 5.18. The van der Waals surface area contributed by atoms with Crippen LogP contribution >= 0.6 is 0 Å². The fourth-order valence-electron chi connectivity index (χ4n) is 2.29. The van der Waals surface area contributed by atoms with Gasteiger partial charge in [0.05, 0.1) is 6.54 Å². The first-order valence-electron chi connectivity index (χ1n) is 7.53. The van der Waals surface area contributed by atoms with E-state index in [2.05, 4.69) is 5.10 Å². The zero-order chi connectivity index (χ0) is 17.0. The van der Waals surface area contributed by atoms with E-state index in [0.29, 0.717) is 18.7 Å². The number of likely N-dealkylation sites (N-methyl/N-ethyl adjacent to an activating group) is 2. The van der Waals surface area contributed by atoms with Crippen molar-refractivity contribution in [2.45, 2.75) is 20.4 Å². The number of hydrogen-bond acceptors (Lipinski definition) is 4. The molecule has 0 bridgehead atoms. The molecule has 2 rings (SSSR count). The molecule has 0 saturated heterocycles. The summed E-state index contributed by atoms with van der Waals surface area (Å²) in [5.41, 5.74) is 0.101. The van der Waals surface area contributed by atoms with Gasteiger partial charge < -0.3 is 9.80 Å². The Hall–Kier alpha value is -2.64. The molecule has 0 aromatic carbocycles. The first-order chi connectivity index (χ1) is 11.0. The molecule has 2 amide bonds. The standard InChI is InChI=1S/C15H21N5O3/c1-4-18(5-2)14(22)10-17(3)13(21)11-20-15(23)19-9-7-6-8-12(19)16-20/h6-9H,4-5,10-11H2,1-3H3. The number of carbonyl (C=O) groups excluding carboxylic acids is 2. The normalized spacial score (nSPS) is 10.7. The molecule has 8 nitrogen and oxygen atoms in total. The van der Waals surface area contributed by atoms with Gasteiger partial charge in [0.15, 0.2) is 5.65 Å². The van der Waals surface area contributed by atoms with Crippen molar-refractivity contribution in [2.24, 2.45) is 0 Å². The van der Waals surface area contributed by atoms with Gasteiger partial charge in [-0.05, 0) is 26.0 Å². The number of rotatable bonds is 6. The van der Waals surface area contributed by atoms with Gasteiger partial charge in [-0.25, -0.2) is 9.48 Å². The second-order valence-electron chi connectivity index (χ2n) is 5.18. The molecule has 0 aliphatic rings. The maximum absolute atomic E-state index is 12.2. The van der Waals surface area contributed by atoms with Crippen molar-refractivity contribution in [1.82, 2.24) is 24.0 Å². The highest BCUT2D eigenvalue weighted by Gasteiger charge is 2.18. The van der Waals surface area contributed by atoms with Crippen LogP contribution in [0.4, 0.5) is 0 Å². The van der Waals surface area contributed by atoms with Gasteiger partial charge in [0, 0.05) is 26.3 Å². The summed E-state index contributed by atoms with van der Waals surface area (Å²) in [5.74, 6) is -0.454. The number of pyridine rings is 1. The van der Waals surface area contributed by atoms with E-state index in [4.69, 9.17) is 0 Å². The Kier molecular flexibility index (Phi) is 5.15. The minimum Gasteiger partial charge on any atom is -0.342 e. The van der Waals surface area contributed by atoms with Crippen LogP contribution in [0.15, 0.2) is 29.2 Å². The molecule has 0 radical (unpaired) electrons. The van der Waals surface area contributed by atoms with Crippen LogP contribution in [0.1, 0.15) is 13.8 Å². The predicted octanol–water partition coefficient (Wildman–Crippen LogP) is -0.177. The molecule has 0 aliphatic heterocycles. The number of carbonyl (C=O) groups is 2. The van der Waals surface area contributed by atoms with Crippen LogP contribution in [-0.4, -0.2) is 62.5 Å². The Morgan fingerprint density at radius 2 is 1.87 bits per heavy atom. The molecular weight excluding hydrogens is 298 g/mol. The van der Waals surface area contributed by atoms with Gasteiger partial charge in [0.1, 0.15) is 6.54 Å². The van der Waals surface area contributed by atoms with Crippen molar-refractivity contribution in [3.63, 3.8) is 0 Å². The summed E-state index contributed by atoms with van der Waals surface area (Å²) >= 11 is 0. The topological polar surface area (TPSA) is 79.9 Å². The van der Waals surface area contributed by atoms with Crippen LogP contribution in [0.25, 0.3) is 5.65 Å². The Bertz CT molecular complexity index is 760. The van der Waals surface area contributed by atoms with E-state index in [1.807, 2.05) is 13.8 Å². The van der Waals surface area contributed by atoms with Gasteiger partial charge >= 0.3 is 5.69 Å². The molecule has 2 heterocycles. The fraction of sp³-hybridized carbons (Fsp3) is 0.467. The van der Waals surface area contributed by atoms with E-state index in [9.17, 15) is 14.4 Å². The monoisotopic (exact) mass is 319 g/mol. The third kappa shape index (κ3) is 3.58. The summed E-state index contributed by atoms with van der Waals surface area (Å²) in [5, 5.41) is 4.11. The molecule has 0 unspecified atom stereocenters. The smallest absolute Gasteiger partial charge is 0.342 e. The Balaban J connectivity index is 2.07. The van der Waals surface area contributed by atoms with Gasteiger partial charge in [-0.15, -0.1) is 5.10 Å². The number of nitrogens with zero attached hydrogens (tertiary/aromatic N) is 5. The first-order valence-corrected chi connectivity index (χ1v) is 7.53. The number of hydrogen-bond donors (Lipinski definition) is 0. The quantitative estimate of drug-likeness (QED) is 0.740. The molecule has 0 spiro atoms. The molecule has 0 saturated carbocycles. The van der Waals surface area contributed by atoms with Crippen LogP contribution in [0.5, 0.6) is 0 Å². The maximum Gasteiger partial charge on any atom is 0.350 e. The molecule has 23 heavy (non-hydrogen) atoms. The predicted molar refractivity (Wildman–Crippen MR) is 85.0 cm³/mol. The molecule has 2 aromatic rings. The average molecular weight is 319 g/mol. The molecule has 0 atom stereocenters. The van der Waals surface area contributed by atoms with Crippen LogP contribution in [0.2, 0.25) is 0 Å². The highest BCUT2D eigenvalue weighted by molar-refractivity contribution is 5.84. The molecule has 0 fully saturated rings. The summed E-state index contributed by atoms with van der Waals surface area (Å²) in [6.45, 7) is 4.77. The summed E-state index contributed by atoms with van der Waals surface area (Å²) < 4.78 is 2.48. The lowest BCUT2D eigenvalue weighted by molar-refractivity contribution is -0.139. The third-order valence-electron chi connectivity index (χ3n) is 3.69. The highest BCUT2D eigenvalue weighted by Crippen LogP contribution is 1.97. The van der Waals surface area contributed by atoms with Crippen LogP contribution in [0.3, 0.4) is 0 Å². The van der Waals surface area contributed by atoms with E-state index < -0.39 is 0 Å².